The van der Waals surface area contributed by atoms with E-state index in [1.54, 1.807) is 13.0 Å². The first-order valence-electron chi connectivity index (χ1n) is 11.3. The van der Waals surface area contributed by atoms with Crippen LogP contribution in [0.4, 0.5) is 4.39 Å². The molecular weight excluding hydrogens is 409 g/mol. The van der Waals surface area contributed by atoms with Gasteiger partial charge in [0.05, 0.1) is 6.61 Å². The van der Waals surface area contributed by atoms with E-state index in [2.05, 4.69) is 11.0 Å². The lowest BCUT2D eigenvalue weighted by Gasteiger charge is -2.26. The molecule has 0 fully saturated rings. The highest BCUT2D eigenvalue weighted by molar-refractivity contribution is 5.75. The molecule has 0 aromatic heterocycles. The summed E-state index contributed by atoms with van der Waals surface area (Å²) in [6.45, 7) is 7.50. The third kappa shape index (κ3) is 6.90. The number of carbonyl (C=O) groups excluding carboxylic acids is 1. The molecule has 172 valence electrons. The number of benzene rings is 2. The van der Waals surface area contributed by atoms with E-state index in [1.165, 1.54) is 6.07 Å². The number of rotatable bonds is 11. The highest BCUT2D eigenvalue weighted by Gasteiger charge is 2.20. The van der Waals surface area contributed by atoms with Gasteiger partial charge in [0.1, 0.15) is 18.2 Å². The highest BCUT2D eigenvalue weighted by Crippen LogP contribution is 2.24. The Bertz CT molecular complexity index is 897. The molecule has 0 saturated carbocycles. The van der Waals surface area contributed by atoms with Crippen LogP contribution in [0.3, 0.4) is 0 Å². The van der Waals surface area contributed by atoms with Gasteiger partial charge in [-0.15, -0.1) is 0 Å². The van der Waals surface area contributed by atoms with E-state index in [1.807, 2.05) is 43.3 Å². The van der Waals surface area contributed by atoms with Crippen molar-refractivity contribution in [2.75, 3.05) is 39.5 Å². The van der Waals surface area contributed by atoms with Crippen molar-refractivity contribution in [3.63, 3.8) is 0 Å². The van der Waals surface area contributed by atoms with E-state index in [4.69, 9.17) is 14.2 Å². The normalized spacial score (nSPS) is 15.2. The molecule has 3 rings (SSSR count). The Kier molecular flexibility index (Phi) is 9.26. The Balaban J connectivity index is 1.44. The van der Waals surface area contributed by atoms with E-state index >= 15 is 0 Å². The zero-order valence-electron chi connectivity index (χ0n) is 18.9. The molecule has 2 aromatic carbocycles. The largest absolute Gasteiger partial charge is 0.492 e. The van der Waals surface area contributed by atoms with Gasteiger partial charge in [0.15, 0.2) is 6.10 Å². The van der Waals surface area contributed by atoms with E-state index in [9.17, 15) is 9.18 Å². The molecule has 1 heterocycles. The van der Waals surface area contributed by atoms with Gasteiger partial charge in [0.2, 0.25) is 0 Å². The summed E-state index contributed by atoms with van der Waals surface area (Å²) < 4.78 is 30.5. The van der Waals surface area contributed by atoms with Crippen LogP contribution in [0.2, 0.25) is 0 Å². The SMILES string of the molecule is CCOC(=O)C(Cc1ccc(OCCN2CC=C(c3ccccc3F)CC2)cc1)OCC. The molecule has 0 radical (unpaired) electrons. The topological polar surface area (TPSA) is 48.0 Å². The van der Waals surface area contributed by atoms with Gasteiger partial charge in [-0.25, -0.2) is 9.18 Å². The van der Waals surface area contributed by atoms with E-state index < -0.39 is 6.10 Å². The summed E-state index contributed by atoms with van der Waals surface area (Å²) in [5.41, 5.74) is 2.77. The molecule has 0 bridgehead atoms. The Hall–Kier alpha value is -2.70. The van der Waals surface area contributed by atoms with Crippen LogP contribution in [0.25, 0.3) is 5.57 Å². The molecule has 1 unspecified atom stereocenters. The third-order valence-electron chi connectivity index (χ3n) is 5.45. The number of halogens is 1. The summed E-state index contributed by atoms with van der Waals surface area (Å²) in [4.78, 5) is 14.3. The van der Waals surface area contributed by atoms with Crippen molar-refractivity contribution in [1.29, 1.82) is 0 Å². The second-order valence-corrected chi connectivity index (χ2v) is 7.65. The molecule has 0 amide bonds. The minimum atomic E-state index is -0.590. The summed E-state index contributed by atoms with van der Waals surface area (Å²) in [6, 6.07) is 14.7. The van der Waals surface area contributed by atoms with Crippen molar-refractivity contribution in [1.82, 2.24) is 4.90 Å². The molecule has 5 nitrogen and oxygen atoms in total. The summed E-state index contributed by atoms with van der Waals surface area (Å²) in [5.74, 6) is 0.301. The molecule has 1 aliphatic heterocycles. The highest BCUT2D eigenvalue weighted by atomic mass is 19.1. The fourth-order valence-electron chi connectivity index (χ4n) is 3.76. The van der Waals surface area contributed by atoms with Crippen molar-refractivity contribution in [2.45, 2.75) is 32.8 Å². The number of nitrogens with zero attached hydrogens (tertiary/aromatic N) is 1. The molecule has 6 heteroatoms. The number of carbonyl (C=O) groups is 1. The molecule has 0 aliphatic carbocycles. The minimum absolute atomic E-state index is 0.159. The number of esters is 1. The van der Waals surface area contributed by atoms with Crippen LogP contribution in [0.15, 0.2) is 54.6 Å². The number of hydrogen-bond donors (Lipinski definition) is 0. The second-order valence-electron chi connectivity index (χ2n) is 7.65. The maximum atomic E-state index is 14.0. The van der Waals surface area contributed by atoms with Crippen LogP contribution >= 0.6 is 0 Å². The Labute approximate surface area is 189 Å². The van der Waals surface area contributed by atoms with Crippen LogP contribution < -0.4 is 4.74 Å². The van der Waals surface area contributed by atoms with Gasteiger partial charge in [0, 0.05) is 38.2 Å². The fourth-order valence-corrected chi connectivity index (χ4v) is 3.76. The van der Waals surface area contributed by atoms with Gasteiger partial charge in [-0.2, -0.15) is 0 Å². The van der Waals surface area contributed by atoms with Crippen molar-refractivity contribution in [2.24, 2.45) is 0 Å². The van der Waals surface area contributed by atoms with E-state index in [-0.39, 0.29) is 11.8 Å². The number of hydrogen-bond acceptors (Lipinski definition) is 5. The average molecular weight is 442 g/mol. The predicted molar refractivity (Wildman–Crippen MR) is 123 cm³/mol. The maximum Gasteiger partial charge on any atom is 0.335 e. The molecular formula is C26H32FNO4. The van der Waals surface area contributed by atoms with Crippen molar-refractivity contribution in [3.8, 4) is 5.75 Å². The third-order valence-corrected chi connectivity index (χ3v) is 5.45. The van der Waals surface area contributed by atoms with Crippen LogP contribution in [-0.4, -0.2) is 56.4 Å². The van der Waals surface area contributed by atoms with Gasteiger partial charge >= 0.3 is 5.97 Å². The molecule has 0 saturated heterocycles. The van der Waals surface area contributed by atoms with Gasteiger partial charge in [-0.3, -0.25) is 4.90 Å². The Morgan fingerprint density at radius 3 is 2.53 bits per heavy atom. The lowest BCUT2D eigenvalue weighted by molar-refractivity contribution is -0.156. The fraction of sp³-hybridized carbons (Fsp3) is 0.423. The Morgan fingerprint density at radius 1 is 1.09 bits per heavy atom. The van der Waals surface area contributed by atoms with Gasteiger partial charge in [0.25, 0.3) is 0 Å². The summed E-state index contributed by atoms with van der Waals surface area (Å²) in [5, 5.41) is 0. The van der Waals surface area contributed by atoms with Gasteiger partial charge in [-0.05, 0) is 49.6 Å². The first-order valence-corrected chi connectivity index (χ1v) is 11.3. The summed E-state index contributed by atoms with van der Waals surface area (Å²) >= 11 is 0. The van der Waals surface area contributed by atoms with Crippen LogP contribution in [0.5, 0.6) is 5.75 Å². The minimum Gasteiger partial charge on any atom is -0.492 e. The van der Waals surface area contributed by atoms with E-state index in [0.717, 1.165) is 42.9 Å². The first kappa shape index (κ1) is 24.0. The molecule has 0 spiro atoms. The van der Waals surface area contributed by atoms with E-state index in [0.29, 0.717) is 31.8 Å². The van der Waals surface area contributed by atoms with Crippen LogP contribution in [0, 0.1) is 5.82 Å². The summed E-state index contributed by atoms with van der Waals surface area (Å²) in [6.07, 6.45) is 2.82. The first-order chi connectivity index (χ1) is 15.6. The Morgan fingerprint density at radius 2 is 1.88 bits per heavy atom. The molecule has 32 heavy (non-hydrogen) atoms. The predicted octanol–water partition coefficient (Wildman–Crippen LogP) is 4.50. The zero-order valence-corrected chi connectivity index (χ0v) is 18.9. The van der Waals surface area contributed by atoms with Crippen LogP contribution in [0.1, 0.15) is 31.4 Å². The van der Waals surface area contributed by atoms with Crippen molar-refractivity contribution in [3.05, 3.63) is 71.6 Å². The van der Waals surface area contributed by atoms with Gasteiger partial charge in [-0.1, -0.05) is 36.4 Å². The molecule has 2 aromatic rings. The molecule has 1 atom stereocenters. The average Bonchev–Trinajstić information content (AvgIpc) is 2.81. The smallest absolute Gasteiger partial charge is 0.335 e. The van der Waals surface area contributed by atoms with Gasteiger partial charge < -0.3 is 14.2 Å². The number of ether oxygens (including phenoxy) is 3. The van der Waals surface area contributed by atoms with Crippen molar-refractivity contribution < 1.29 is 23.4 Å². The summed E-state index contributed by atoms with van der Waals surface area (Å²) in [7, 11) is 0. The standard InChI is InChI=1S/C26H32FNO4/c1-3-30-25(26(29)31-4-2)19-20-9-11-22(12-10-20)32-18-17-28-15-13-21(14-16-28)23-7-5-6-8-24(23)27/h5-13,25H,3-4,14-19H2,1-2H3. The lowest BCUT2D eigenvalue weighted by Crippen LogP contribution is -2.32. The van der Waals surface area contributed by atoms with Crippen LogP contribution in [-0.2, 0) is 20.7 Å². The molecule has 1 aliphatic rings. The zero-order chi connectivity index (χ0) is 22.8. The maximum absolute atomic E-state index is 14.0. The lowest BCUT2D eigenvalue weighted by atomic mass is 9.99. The second kappa shape index (κ2) is 12.4. The quantitative estimate of drug-likeness (QED) is 0.481. The van der Waals surface area contributed by atoms with Crippen molar-refractivity contribution >= 4 is 11.5 Å². The monoisotopic (exact) mass is 441 g/mol. The molecule has 0 N–H and O–H groups in total.